The Morgan fingerprint density at radius 1 is 1.33 bits per heavy atom. The van der Waals surface area contributed by atoms with E-state index in [0.717, 1.165) is 31.7 Å². The fourth-order valence-electron chi connectivity index (χ4n) is 1.54. The molecule has 0 bridgehead atoms. The van der Waals surface area contributed by atoms with Crippen LogP contribution in [0.15, 0.2) is 18.3 Å². The molecule has 0 aromatic carbocycles. The molecular weight excluding hydrogens is 186 g/mol. The smallest absolute Gasteiger partial charge is 0.129 e. The molecule has 0 amide bonds. The van der Waals surface area contributed by atoms with Crippen molar-refractivity contribution in [3.63, 3.8) is 0 Å². The molecule has 0 radical (unpaired) electrons. The van der Waals surface area contributed by atoms with Gasteiger partial charge in [0.15, 0.2) is 0 Å². The maximum absolute atomic E-state index is 8.81. The first-order valence-corrected chi connectivity index (χ1v) is 5.43. The van der Waals surface area contributed by atoms with Gasteiger partial charge in [-0.05, 0) is 25.0 Å². The highest BCUT2D eigenvalue weighted by Crippen LogP contribution is 2.12. The average molecular weight is 203 g/mol. The van der Waals surface area contributed by atoms with E-state index in [1.807, 2.05) is 6.07 Å². The van der Waals surface area contributed by atoms with Crippen molar-refractivity contribution in [2.45, 2.75) is 26.7 Å². The van der Waals surface area contributed by atoms with Crippen LogP contribution in [0.3, 0.4) is 0 Å². The molecule has 0 spiro atoms. The summed E-state index contributed by atoms with van der Waals surface area (Å²) in [5.41, 5.74) is 0.678. The predicted octanol–water partition coefficient (Wildman–Crippen LogP) is 2.58. The standard InChI is InChI=1S/C12H17N3/c1-3-7-15(8-4-2)12-9-11(10-13)5-6-14-12/h5-6,9H,3-4,7-8H2,1-2H3. The molecule has 3 heteroatoms. The van der Waals surface area contributed by atoms with Gasteiger partial charge in [0.2, 0.25) is 0 Å². The van der Waals surface area contributed by atoms with Gasteiger partial charge in [0.25, 0.3) is 0 Å². The monoisotopic (exact) mass is 203 g/mol. The number of nitrogens with zero attached hydrogens (tertiary/aromatic N) is 3. The molecule has 3 nitrogen and oxygen atoms in total. The van der Waals surface area contributed by atoms with Gasteiger partial charge < -0.3 is 4.90 Å². The second-order valence-corrected chi connectivity index (χ2v) is 3.50. The van der Waals surface area contributed by atoms with Crippen LogP contribution in [0.1, 0.15) is 32.3 Å². The van der Waals surface area contributed by atoms with Gasteiger partial charge in [-0.15, -0.1) is 0 Å². The van der Waals surface area contributed by atoms with E-state index in [1.54, 1.807) is 12.3 Å². The number of anilines is 1. The van der Waals surface area contributed by atoms with Crippen LogP contribution in [0.5, 0.6) is 0 Å². The van der Waals surface area contributed by atoms with Crippen molar-refractivity contribution in [3.05, 3.63) is 23.9 Å². The molecule has 1 aromatic heterocycles. The zero-order valence-corrected chi connectivity index (χ0v) is 9.40. The summed E-state index contributed by atoms with van der Waals surface area (Å²) in [6.07, 6.45) is 3.89. The molecule has 1 rings (SSSR count). The third-order valence-electron chi connectivity index (χ3n) is 2.19. The lowest BCUT2D eigenvalue weighted by molar-refractivity contribution is 0.734. The van der Waals surface area contributed by atoms with Crippen LogP contribution < -0.4 is 4.90 Å². The van der Waals surface area contributed by atoms with Gasteiger partial charge >= 0.3 is 0 Å². The van der Waals surface area contributed by atoms with E-state index in [-0.39, 0.29) is 0 Å². The fourth-order valence-corrected chi connectivity index (χ4v) is 1.54. The van der Waals surface area contributed by atoms with Gasteiger partial charge in [0.05, 0.1) is 11.6 Å². The van der Waals surface area contributed by atoms with Crippen LogP contribution in [0, 0.1) is 11.3 Å². The Hall–Kier alpha value is -1.56. The van der Waals surface area contributed by atoms with E-state index >= 15 is 0 Å². The van der Waals surface area contributed by atoms with Crippen LogP contribution in [0.25, 0.3) is 0 Å². The van der Waals surface area contributed by atoms with Gasteiger partial charge in [-0.25, -0.2) is 4.98 Å². The van der Waals surface area contributed by atoms with Crippen LogP contribution >= 0.6 is 0 Å². The number of hydrogen-bond donors (Lipinski definition) is 0. The molecule has 0 aliphatic rings. The van der Waals surface area contributed by atoms with Crippen molar-refractivity contribution in [1.82, 2.24) is 4.98 Å². The fraction of sp³-hybridized carbons (Fsp3) is 0.500. The largest absolute Gasteiger partial charge is 0.357 e. The lowest BCUT2D eigenvalue weighted by atomic mass is 10.2. The summed E-state index contributed by atoms with van der Waals surface area (Å²) in [5, 5.41) is 8.81. The van der Waals surface area contributed by atoms with Gasteiger partial charge in [0.1, 0.15) is 5.82 Å². The number of hydrogen-bond acceptors (Lipinski definition) is 3. The van der Waals surface area contributed by atoms with Gasteiger partial charge in [-0.2, -0.15) is 5.26 Å². The summed E-state index contributed by atoms with van der Waals surface area (Å²) in [6.45, 7) is 6.29. The molecule has 80 valence electrons. The van der Waals surface area contributed by atoms with Gasteiger partial charge in [-0.1, -0.05) is 13.8 Å². The molecule has 0 saturated heterocycles. The number of aromatic nitrogens is 1. The molecule has 0 fully saturated rings. The summed E-state index contributed by atoms with van der Waals surface area (Å²) in [6, 6.07) is 5.73. The van der Waals surface area contributed by atoms with Crippen molar-refractivity contribution in [1.29, 1.82) is 5.26 Å². The molecule has 0 unspecified atom stereocenters. The molecule has 0 N–H and O–H groups in total. The van der Waals surface area contributed by atoms with Gasteiger partial charge in [0, 0.05) is 19.3 Å². The molecule has 0 aliphatic carbocycles. The average Bonchev–Trinajstić information content (AvgIpc) is 2.29. The van der Waals surface area contributed by atoms with Crippen molar-refractivity contribution < 1.29 is 0 Å². The lowest BCUT2D eigenvalue weighted by Gasteiger charge is -2.22. The van der Waals surface area contributed by atoms with E-state index in [4.69, 9.17) is 5.26 Å². The highest BCUT2D eigenvalue weighted by molar-refractivity contribution is 5.44. The molecular formula is C12H17N3. The number of pyridine rings is 1. The topological polar surface area (TPSA) is 39.9 Å². The number of rotatable bonds is 5. The van der Waals surface area contributed by atoms with Crippen LogP contribution in [0.4, 0.5) is 5.82 Å². The zero-order valence-electron chi connectivity index (χ0n) is 9.40. The van der Waals surface area contributed by atoms with Crippen LogP contribution in [0.2, 0.25) is 0 Å². The molecule has 15 heavy (non-hydrogen) atoms. The number of nitriles is 1. The van der Waals surface area contributed by atoms with Crippen LogP contribution in [-0.4, -0.2) is 18.1 Å². The first kappa shape index (κ1) is 11.5. The predicted molar refractivity (Wildman–Crippen MR) is 61.7 cm³/mol. The Morgan fingerprint density at radius 2 is 2.00 bits per heavy atom. The Morgan fingerprint density at radius 3 is 2.53 bits per heavy atom. The summed E-state index contributed by atoms with van der Waals surface area (Å²) >= 11 is 0. The second kappa shape index (κ2) is 6.02. The van der Waals surface area contributed by atoms with E-state index in [1.165, 1.54) is 0 Å². The van der Waals surface area contributed by atoms with E-state index in [0.29, 0.717) is 5.56 Å². The van der Waals surface area contributed by atoms with E-state index in [2.05, 4.69) is 29.8 Å². The summed E-state index contributed by atoms with van der Waals surface area (Å²) < 4.78 is 0. The zero-order chi connectivity index (χ0) is 11.1. The molecule has 0 saturated carbocycles. The van der Waals surface area contributed by atoms with Gasteiger partial charge in [-0.3, -0.25) is 0 Å². The first-order valence-electron chi connectivity index (χ1n) is 5.43. The highest BCUT2D eigenvalue weighted by atomic mass is 15.2. The Bertz CT molecular complexity index is 335. The Kier molecular flexibility index (Phi) is 4.62. The Balaban J connectivity index is 2.85. The lowest BCUT2D eigenvalue weighted by Crippen LogP contribution is -2.25. The van der Waals surface area contributed by atoms with E-state index < -0.39 is 0 Å². The first-order chi connectivity index (χ1) is 7.31. The summed E-state index contributed by atoms with van der Waals surface area (Å²) in [5.74, 6) is 0.915. The third kappa shape index (κ3) is 3.25. The SMILES string of the molecule is CCCN(CCC)c1cc(C#N)ccn1. The van der Waals surface area contributed by atoms with Crippen molar-refractivity contribution in [3.8, 4) is 6.07 Å². The minimum absolute atomic E-state index is 0.678. The molecule has 0 atom stereocenters. The van der Waals surface area contributed by atoms with E-state index in [9.17, 15) is 0 Å². The normalized spacial score (nSPS) is 9.67. The Labute approximate surface area is 91.4 Å². The molecule has 0 aliphatic heterocycles. The van der Waals surface area contributed by atoms with Crippen molar-refractivity contribution >= 4 is 5.82 Å². The van der Waals surface area contributed by atoms with Crippen LogP contribution in [-0.2, 0) is 0 Å². The minimum atomic E-state index is 0.678. The maximum atomic E-state index is 8.81. The summed E-state index contributed by atoms with van der Waals surface area (Å²) in [7, 11) is 0. The second-order valence-electron chi connectivity index (χ2n) is 3.50. The minimum Gasteiger partial charge on any atom is -0.357 e. The quantitative estimate of drug-likeness (QED) is 0.738. The van der Waals surface area contributed by atoms with Crippen molar-refractivity contribution in [2.24, 2.45) is 0 Å². The maximum Gasteiger partial charge on any atom is 0.129 e. The molecule has 1 heterocycles. The highest BCUT2D eigenvalue weighted by Gasteiger charge is 2.05. The van der Waals surface area contributed by atoms with Crippen molar-refractivity contribution in [2.75, 3.05) is 18.0 Å². The summed E-state index contributed by atoms with van der Waals surface area (Å²) in [4.78, 5) is 6.52. The third-order valence-corrected chi connectivity index (χ3v) is 2.19. The molecule has 1 aromatic rings.